The molecular formula is C21H25NO3. The van der Waals surface area contributed by atoms with Gasteiger partial charge in [0.15, 0.2) is 11.5 Å². The number of nitrogens with zero attached hydrogens (tertiary/aromatic N) is 1. The van der Waals surface area contributed by atoms with Crippen molar-refractivity contribution >= 4 is 12.0 Å². The number of hydrogen-bond acceptors (Lipinski definition) is 3. The van der Waals surface area contributed by atoms with Gasteiger partial charge < -0.3 is 14.4 Å². The van der Waals surface area contributed by atoms with Gasteiger partial charge in [-0.25, -0.2) is 0 Å². The summed E-state index contributed by atoms with van der Waals surface area (Å²) < 4.78 is 10.8. The van der Waals surface area contributed by atoms with Gasteiger partial charge in [0.25, 0.3) is 0 Å². The topological polar surface area (TPSA) is 38.8 Å². The van der Waals surface area contributed by atoms with Crippen molar-refractivity contribution in [2.75, 3.05) is 20.8 Å². The zero-order chi connectivity index (χ0) is 18.2. The molecule has 0 atom stereocenters. The fraction of sp³-hybridized carbons (Fsp3) is 0.286. The van der Waals surface area contributed by atoms with Gasteiger partial charge in [0.1, 0.15) is 0 Å². The summed E-state index contributed by atoms with van der Waals surface area (Å²) >= 11 is 0. The van der Waals surface area contributed by atoms with Crippen LogP contribution in [0, 0.1) is 6.92 Å². The first kappa shape index (κ1) is 18.6. The summed E-state index contributed by atoms with van der Waals surface area (Å²) in [7, 11) is 3.41. The molecule has 2 aromatic rings. The van der Waals surface area contributed by atoms with Crippen LogP contribution in [0.25, 0.3) is 6.08 Å². The Morgan fingerprint density at radius 1 is 1.12 bits per heavy atom. The molecule has 0 saturated heterocycles. The van der Waals surface area contributed by atoms with Crippen molar-refractivity contribution in [3.05, 3.63) is 65.2 Å². The van der Waals surface area contributed by atoms with Crippen LogP contribution in [0.4, 0.5) is 0 Å². The van der Waals surface area contributed by atoms with Crippen LogP contribution < -0.4 is 9.47 Å². The fourth-order valence-corrected chi connectivity index (χ4v) is 2.41. The summed E-state index contributed by atoms with van der Waals surface area (Å²) in [5.74, 6) is 1.31. The highest BCUT2D eigenvalue weighted by Gasteiger charge is 2.07. The van der Waals surface area contributed by atoms with Crippen LogP contribution in [0.15, 0.2) is 48.5 Å². The summed E-state index contributed by atoms with van der Waals surface area (Å²) in [5.41, 5.74) is 3.21. The van der Waals surface area contributed by atoms with Crippen molar-refractivity contribution in [2.24, 2.45) is 0 Å². The molecule has 2 rings (SSSR count). The van der Waals surface area contributed by atoms with Gasteiger partial charge in [-0.05, 0) is 43.2 Å². The van der Waals surface area contributed by atoms with E-state index in [1.54, 1.807) is 31.2 Å². The van der Waals surface area contributed by atoms with E-state index in [0.717, 1.165) is 11.1 Å². The first-order valence-electron chi connectivity index (χ1n) is 8.33. The number of aryl methyl sites for hydroxylation is 1. The molecule has 2 aromatic carbocycles. The standard InChI is InChI=1S/C21H25NO3/c1-5-25-20-14-17(10-12-19(20)24-4)11-13-21(23)22(3)15-18-8-6-16(2)7-9-18/h6-14H,5,15H2,1-4H3/b13-11-. The highest BCUT2D eigenvalue weighted by molar-refractivity contribution is 5.91. The first-order valence-corrected chi connectivity index (χ1v) is 8.33. The molecule has 0 aromatic heterocycles. The Bertz CT molecular complexity index is 735. The third-order valence-electron chi connectivity index (χ3n) is 3.82. The third kappa shape index (κ3) is 5.38. The van der Waals surface area contributed by atoms with E-state index >= 15 is 0 Å². The van der Waals surface area contributed by atoms with Crippen molar-refractivity contribution in [3.63, 3.8) is 0 Å². The number of ether oxygens (including phenoxy) is 2. The molecule has 0 bridgehead atoms. The van der Waals surface area contributed by atoms with Crippen molar-refractivity contribution < 1.29 is 14.3 Å². The van der Waals surface area contributed by atoms with Crippen LogP contribution in [0.2, 0.25) is 0 Å². The molecule has 0 N–H and O–H groups in total. The first-order chi connectivity index (χ1) is 12.0. The predicted octanol–water partition coefficient (Wildman–Crippen LogP) is 4.07. The monoisotopic (exact) mass is 339 g/mol. The van der Waals surface area contributed by atoms with Gasteiger partial charge in [-0.3, -0.25) is 4.79 Å². The van der Waals surface area contributed by atoms with Gasteiger partial charge in [-0.15, -0.1) is 0 Å². The summed E-state index contributed by atoms with van der Waals surface area (Å²) in [4.78, 5) is 14.0. The summed E-state index contributed by atoms with van der Waals surface area (Å²) in [6.45, 7) is 5.11. The van der Waals surface area contributed by atoms with Gasteiger partial charge in [-0.2, -0.15) is 0 Å². The average Bonchev–Trinajstić information content (AvgIpc) is 2.62. The quantitative estimate of drug-likeness (QED) is 0.714. The van der Waals surface area contributed by atoms with Crippen LogP contribution in [0.1, 0.15) is 23.6 Å². The van der Waals surface area contributed by atoms with Gasteiger partial charge in [0.05, 0.1) is 13.7 Å². The number of benzene rings is 2. The van der Waals surface area contributed by atoms with Crippen LogP contribution in [-0.2, 0) is 11.3 Å². The van der Waals surface area contributed by atoms with E-state index in [2.05, 4.69) is 12.1 Å². The molecule has 4 nitrogen and oxygen atoms in total. The maximum absolute atomic E-state index is 12.3. The number of rotatable bonds is 7. The molecule has 0 spiro atoms. The second-order valence-electron chi connectivity index (χ2n) is 5.86. The SMILES string of the molecule is CCOc1cc(/C=C\C(=O)N(C)Cc2ccc(C)cc2)ccc1OC. The van der Waals surface area contributed by atoms with Crippen LogP contribution in [-0.4, -0.2) is 31.6 Å². The molecule has 0 heterocycles. The molecule has 1 amide bonds. The van der Waals surface area contributed by atoms with Crippen molar-refractivity contribution in [1.82, 2.24) is 4.90 Å². The highest BCUT2D eigenvalue weighted by Crippen LogP contribution is 2.28. The molecule has 0 saturated carbocycles. The minimum Gasteiger partial charge on any atom is -0.493 e. The molecule has 4 heteroatoms. The predicted molar refractivity (Wildman–Crippen MR) is 101 cm³/mol. The van der Waals surface area contributed by atoms with E-state index in [0.29, 0.717) is 24.7 Å². The zero-order valence-electron chi connectivity index (χ0n) is 15.3. The van der Waals surface area contributed by atoms with Crippen molar-refractivity contribution in [3.8, 4) is 11.5 Å². The zero-order valence-corrected chi connectivity index (χ0v) is 15.3. The van der Waals surface area contributed by atoms with E-state index in [-0.39, 0.29) is 5.91 Å². The van der Waals surface area contributed by atoms with Crippen LogP contribution in [0.3, 0.4) is 0 Å². The smallest absolute Gasteiger partial charge is 0.246 e. The summed E-state index contributed by atoms with van der Waals surface area (Å²) in [6.07, 6.45) is 3.36. The maximum atomic E-state index is 12.3. The Labute approximate surface area is 149 Å². The summed E-state index contributed by atoms with van der Waals surface area (Å²) in [6, 6.07) is 13.8. The minimum absolute atomic E-state index is 0.0469. The third-order valence-corrected chi connectivity index (χ3v) is 3.82. The van der Waals surface area contributed by atoms with Gasteiger partial charge >= 0.3 is 0 Å². The molecule has 0 aliphatic carbocycles. The normalized spacial score (nSPS) is 10.7. The van der Waals surface area contributed by atoms with Crippen molar-refractivity contribution in [2.45, 2.75) is 20.4 Å². The van der Waals surface area contributed by atoms with Gasteiger partial charge in [0.2, 0.25) is 5.91 Å². The van der Waals surface area contributed by atoms with E-state index in [9.17, 15) is 4.79 Å². The second-order valence-corrected chi connectivity index (χ2v) is 5.86. The van der Waals surface area contributed by atoms with Crippen molar-refractivity contribution in [1.29, 1.82) is 0 Å². The lowest BCUT2D eigenvalue weighted by atomic mass is 10.1. The molecular weight excluding hydrogens is 314 g/mol. The van der Waals surface area contributed by atoms with E-state index in [1.807, 2.05) is 44.2 Å². The fourth-order valence-electron chi connectivity index (χ4n) is 2.41. The lowest BCUT2D eigenvalue weighted by Crippen LogP contribution is -2.24. The maximum Gasteiger partial charge on any atom is 0.246 e. The van der Waals surface area contributed by atoms with E-state index < -0.39 is 0 Å². The number of amides is 1. The number of carbonyl (C=O) groups excluding carboxylic acids is 1. The second kappa shape index (κ2) is 8.92. The Balaban J connectivity index is 2.03. The van der Waals surface area contributed by atoms with Crippen LogP contribution >= 0.6 is 0 Å². The highest BCUT2D eigenvalue weighted by atomic mass is 16.5. The molecule has 0 radical (unpaired) electrons. The number of hydrogen-bond donors (Lipinski definition) is 0. The lowest BCUT2D eigenvalue weighted by Gasteiger charge is -2.15. The van der Waals surface area contributed by atoms with Crippen LogP contribution in [0.5, 0.6) is 11.5 Å². The Kier molecular flexibility index (Phi) is 6.63. The number of likely N-dealkylation sites (N-methyl/N-ethyl adjacent to an activating group) is 1. The summed E-state index contributed by atoms with van der Waals surface area (Å²) in [5, 5.41) is 0. The molecule has 0 fully saturated rings. The minimum atomic E-state index is -0.0469. The largest absolute Gasteiger partial charge is 0.493 e. The molecule has 25 heavy (non-hydrogen) atoms. The Hall–Kier alpha value is -2.75. The Morgan fingerprint density at radius 3 is 2.48 bits per heavy atom. The molecule has 132 valence electrons. The lowest BCUT2D eigenvalue weighted by molar-refractivity contribution is -0.125. The number of carbonyl (C=O) groups is 1. The van der Waals surface area contributed by atoms with E-state index in [1.165, 1.54) is 5.56 Å². The molecule has 0 unspecified atom stereocenters. The Morgan fingerprint density at radius 2 is 1.84 bits per heavy atom. The van der Waals surface area contributed by atoms with Gasteiger partial charge in [-0.1, -0.05) is 35.9 Å². The average molecular weight is 339 g/mol. The molecule has 0 aliphatic rings. The molecule has 0 aliphatic heterocycles. The van der Waals surface area contributed by atoms with E-state index in [4.69, 9.17) is 9.47 Å². The number of methoxy groups -OCH3 is 1. The van der Waals surface area contributed by atoms with Gasteiger partial charge in [0, 0.05) is 19.7 Å².